The molecule has 0 fully saturated rings. The summed E-state index contributed by atoms with van der Waals surface area (Å²) in [5, 5.41) is 7.49. The number of carbonyl (C=O) groups excluding carboxylic acids is 3. The van der Waals surface area contributed by atoms with E-state index in [9.17, 15) is 14.4 Å². The molecule has 0 saturated carbocycles. The quantitative estimate of drug-likeness (QED) is 0.258. The van der Waals surface area contributed by atoms with Crippen LogP contribution >= 0.6 is 11.3 Å². The number of nitrogens with zero attached hydrogens (tertiary/aromatic N) is 2. The summed E-state index contributed by atoms with van der Waals surface area (Å²) in [6, 6.07) is 16.3. The molecule has 0 spiro atoms. The van der Waals surface area contributed by atoms with Crippen LogP contribution in [-0.2, 0) is 34.0 Å². The van der Waals surface area contributed by atoms with E-state index in [1.807, 2.05) is 60.0 Å². The van der Waals surface area contributed by atoms with Gasteiger partial charge in [-0.3, -0.25) is 9.78 Å². The van der Waals surface area contributed by atoms with Gasteiger partial charge in [0.2, 0.25) is 5.91 Å². The third-order valence-electron chi connectivity index (χ3n) is 5.73. The highest BCUT2D eigenvalue weighted by Gasteiger charge is 2.28. The van der Waals surface area contributed by atoms with Gasteiger partial charge in [0.1, 0.15) is 18.2 Å². The van der Waals surface area contributed by atoms with Crippen molar-refractivity contribution in [2.24, 2.45) is 0 Å². The Morgan fingerprint density at radius 1 is 0.950 bits per heavy atom. The highest BCUT2D eigenvalue weighted by molar-refractivity contribution is 7.09. The Balaban J connectivity index is 1.59. The van der Waals surface area contributed by atoms with Gasteiger partial charge in [-0.2, -0.15) is 0 Å². The second-order valence-corrected chi connectivity index (χ2v) is 11.4. The number of hydrogen-bond acceptors (Lipinski definition) is 7. The molecule has 1 aromatic carbocycles. The number of hydrogen-bond donors (Lipinski definition) is 2. The van der Waals surface area contributed by atoms with E-state index < -0.39 is 23.8 Å². The van der Waals surface area contributed by atoms with Crippen molar-refractivity contribution in [3.05, 3.63) is 88.4 Å². The maximum Gasteiger partial charge on any atom is 0.408 e. The molecule has 0 aliphatic heterocycles. The molecule has 9 nitrogen and oxygen atoms in total. The number of pyridine rings is 1. The molecule has 10 heteroatoms. The lowest BCUT2D eigenvalue weighted by Gasteiger charge is -2.29. The summed E-state index contributed by atoms with van der Waals surface area (Å²) in [5.74, 6) is -0.210. The monoisotopic (exact) mass is 566 g/mol. The molecule has 0 bridgehead atoms. The molecule has 0 aliphatic rings. The SMILES string of the molecule is CC(C)(C)OC(=O)N[C@@H](CCCCNC(=O)OCc1ccccc1)C(=O)N(Cc1cccnc1)Cc1cccs1. The number of alkyl carbamates (subject to hydrolysis) is 2. The zero-order valence-electron chi connectivity index (χ0n) is 23.3. The van der Waals surface area contributed by atoms with E-state index in [0.29, 0.717) is 38.9 Å². The van der Waals surface area contributed by atoms with E-state index in [0.717, 1.165) is 16.0 Å². The molecule has 0 radical (unpaired) electrons. The first-order valence-electron chi connectivity index (χ1n) is 13.3. The van der Waals surface area contributed by atoms with E-state index in [-0.39, 0.29) is 12.5 Å². The number of nitrogens with one attached hydrogen (secondary N) is 2. The van der Waals surface area contributed by atoms with Crippen molar-refractivity contribution in [3.8, 4) is 0 Å². The lowest BCUT2D eigenvalue weighted by atomic mass is 10.1. The molecular weight excluding hydrogens is 528 g/mol. The second kappa shape index (κ2) is 15.6. The Labute approximate surface area is 239 Å². The van der Waals surface area contributed by atoms with Crippen molar-refractivity contribution in [2.75, 3.05) is 6.54 Å². The zero-order chi connectivity index (χ0) is 28.8. The first kappa shape index (κ1) is 30.6. The van der Waals surface area contributed by atoms with Gasteiger partial charge >= 0.3 is 12.2 Å². The normalized spacial score (nSPS) is 11.8. The molecule has 1 atom stereocenters. The van der Waals surface area contributed by atoms with Crippen molar-refractivity contribution in [1.29, 1.82) is 0 Å². The first-order valence-corrected chi connectivity index (χ1v) is 14.2. The summed E-state index contributed by atoms with van der Waals surface area (Å²) < 4.78 is 10.7. The van der Waals surface area contributed by atoms with Crippen LogP contribution in [0.2, 0.25) is 0 Å². The number of rotatable bonds is 13. The highest BCUT2D eigenvalue weighted by atomic mass is 32.1. The third-order valence-corrected chi connectivity index (χ3v) is 6.59. The Kier molecular flexibility index (Phi) is 12.0. The van der Waals surface area contributed by atoms with Crippen LogP contribution in [0, 0.1) is 0 Å². The number of ether oxygens (including phenoxy) is 2. The summed E-state index contributed by atoms with van der Waals surface area (Å²) in [5.41, 5.74) is 1.10. The average molecular weight is 567 g/mol. The van der Waals surface area contributed by atoms with Gasteiger partial charge in [-0.15, -0.1) is 11.3 Å². The molecule has 2 N–H and O–H groups in total. The van der Waals surface area contributed by atoms with Crippen molar-refractivity contribution in [3.63, 3.8) is 0 Å². The summed E-state index contributed by atoms with van der Waals surface area (Å²) in [6.45, 7) is 6.67. The Morgan fingerprint density at radius 2 is 1.73 bits per heavy atom. The average Bonchev–Trinajstić information content (AvgIpc) is 3.44. The van der Waals surface area contributed by atoms with Crippen molar-refractivity contribution in [2.45, 2.75) is 71.4 Å². The van der Waals surface area contributed by atoms with Crippen LogP contribution in [0.3, 0.4) is 0 Å². The standard InChI is InChI=1S/C30H38N4O5S/c1-30(2,3)39-29(37)33-26(15-7-8-17-32-28(36)38-22-23-11-5-4-6-12-23)27(35)34(21-25-14-10-18-40-25)20-24-13-9-16-31-19-24/h4-6,9-14,16,18-19,26H,7-8,15,17,20-22H2,1-3H3,(H,32,36)(H,33,37)/t26-/m0/s1. The molecule has 0 unspecified atom stereocenters. The van der Waals surface area contributed by atoms with Gasteiger partial charge in [0.05, 0.1) is 6.54 Å². The van der Waals surface area contributed by atoms with Gasteiger partial charge in [0.25, 0.3) is 0 Å². The number of amides is 3. The molecular formula is C30H38N4O5S. The number of aromatic nitrogens is 1. The minimum atomic E-state index is -0.795. The van der Waals surface area contributed by atoms with Gasteiger partial charge < -0.3 is 25.0 Å². The lowest BCUT2D eigenvalue weighted by Crippen LogP contribution is -2.49. The summed E-state index contributed by atoms with van der Waals surface area (Å²) in [7, 11) is 0. The van der Waals surface area contributed by atoms with Gasteiger partial charge in [0.15, 0.2) is 0 Å². The van der Waals surface area contributed by atoms with Gasteiger partial charge in [-0.25, -0.2) is 9.59 Å². The Hall–Kier alpha value is -3.92. The molecule has 3 amide bonds. The van der Waals surface area contributed by atoms with Crippen LogP contribution in [0.4, 0.5) is 9.59 Å². The van der Waals surface area contributed by atoms with E-state index in [1.165, 1.54) is 0 Å². The minimum Gasteiger partial charge on any atom is -0.445 e. The first-order chi connectivity index (χ1) is 19.2. The van der Waals surface area contributed by atoms with Gasteiger partial charge in [-0.1, -0.05) is 42.5 Å². The lowest BCUT2D eigenvalue weighted by molar-refractivity contribution is -0.135. The van der Waals surface area contributed by atoms with E-state index in [1.54, 1.807) is 49.4 Å². The van der Waals surface area contributed by atoms with Crippen LogP contribution in [0.1, 0.15) is 56.0 Å². The van der Waals surface area contributed by atoms with E-state index >= 15 is 0 Å². The molecule has 3 aromatic rings. The number of carbonyl (C=O) groups is 3. The second-order valence-electron chi connectivity index (χ2n) is 10.3. The molecule has 0 aliphatic carbocycles. The molecule has 3 rings (SSSR count). The highest BCUT2D eigenvalue weighted by Crippen LogP contribution is 2.17. The zero-order valence-corrected chi connectivity index (χ0v) is 24.1. The maximum atomic E-state index is 13.8. The fraction of sp³-hybridized carbons (Fsp3) is 0.400. The van der Waals surface area contributed by atoms with E-state index in [4.69, 9.17) is 9.47 Å². The van der Waals surface area contributed by atoms with Crippen molar-refractivity contribution < 1.29 is 23.9 Å². The third kappa shape index (κ3) is 11.4. The number of benzene rings is 1. The molecule has 0 saturated heterocycles. The predicted octanol–water partition coefficient (Wildman–Crippen LogP) is 5.66. The van der Waals surface area contributed by atoms with Crippen LogP contribution in [-0.4, -0.2) is 46.2 Å². The van der Waals surface area contributed by atoms with Crippen LogP contribution < -0.4 is 10.6 Å². The number of unbranched alkanes of at least 4 members (excludes halogenated alkanes) is 1. The van der Waals surface area contributed by atoms with Crippen molar-refractivity contribution in [1.82, 2.24) is 20.5 Å². The summed E-state index contributed by atoms with van der Waals surface area (Å²) in [4.78, 5) is 45.4. The Bertz CT molecular complexity index is 1180. The smallest absolute Gasteiger partial charge is 0.408 e. The summed E-state index contributed by atoms with van der Waals surface area (Å²) >= 11 is 1.57. The predicted molar refractivity (Wildman–Crippen MR) is 154 cm³/mol. The minimum absolute atomic E-state index is 0.195. The van der Waals surface area contributed by atoms with Crippen LogP contribution in [0.15, 0.2) is 72.4 Å². The van der Waals surface area contributed by atoms with Gasteiger partial charge in [-0.05, 0) is 68.7 Å². The topological polar surface area (TPSA) is 110 Å². The largest absolute Gasteiger partial charge is 0.445 e. The maximum absolute atomic E-state index is 13.8. The Morgan fingerprint density at radius 3 is 2.40 bits per heavy atom. The molecule has 2 aromatic heterocycles. The molecule has 214 valence electrons. The summed E-state index contributed by atoms with van der Waals surface area (Å²) in [6.07, 6.45) is 3.85. The van der Waals surface area contributed by atoms with Gasteiger partial charge in [0, 0.05) is 30.4 Å². The van der Waals surface area contributed by atoms with Crippen LogP contribution in [0.25, 0.3) is 0 Å². The number of thiophene rings is 1. The van der Waals surface area contributed by atoms with Crippen LogP contribution in [0.5, 0.6) is 0 Å². The fourth-order valence-corrected chi connectivity index (χ4v) is 4.60. The molecule has 2 heterocycles. The van der Waals surface area contributed by atoms with Crippen molar-refractivity contribution >= 4 is 29.4 Å². The fourth-order valence-electron chi connectivity index (χ4n) is 3.88. The molecule has 40 heavy (non-hydrogen) atoms. The van der Waals surface area contributed by atoms with E-state index in [2.05, 4.69) is 15.6 Å².